The third kappa shape index (κ3) is 4.26. The van der Waals surface area contributed by atoms with E-state index in [0.29, 0.717) is 17.4 Å². The Balaban J connectivity index is 1.46. The molecule has 3 rings (SSSR count). The lowest BCUT2D eigenvalue weighted by molar-refractivity contribution is -0.122. The second kappa shape index (κ2) is 7.19. The van der Waals surface area contributed by atoms with E-state index in [1.165, 1.54) is 17.7 Å². The molecule has 0 aliphatic heterocycles. The van der Waals surface area contributed by atoms with E-state index in [9.17, 15) is 9.59 Å². The summed E-state index contributed by atoms with van der Waals surface area (Å²) in [6.07, 6.45) is 4.54. The van der Waals surface area contributed by atoms with Gasteiger partial charge >= 0.3 is 0 Å². The van der Waals surface area contributed by atoms with Gasteiger partial charge < -0.3 is 15.4 Å². The molecule has 1 aliphatic carbocycles. The van der Waals surface area contributed by atoms with E-state index in [-0.39, 0.29) is 24.3 Å². The van der Waals surface area contributed by atoms with Gasteiger partial charge in [-0.05, 0) is 36.5 Å². The van der Waals surface area contributed by atoms with Crippen LogP contribution in [0, 0.1) is 5.92 Å². The first-order valence-corrected chi connectivity index (χ1v) is 8.14. The van der Waals surface area contributed by atoms with Crippen LogP contribution in [0.4, 0.5) is 11.5 Å². The first-order chi connectivity index (χ1) is 11.2. The van der Waals surface area contributed by atoms with Crippen LogP contribution in [-0.2, 0) is 9.59 Å². The van der Waals surface area contributed by atoms with Crippen molar-refractivity contribution in [3.63, 3.8) is 0 Å². The number of anilines is 2. The maximum absolute atomic E-state index is 11.8. The fourth-order valence-corrected chi connectivity index (χ4v) is 2.51. The van der Waals surface area contributed by atoms with Crippen molar-refractivity contribution in [3.05, 3.63) is 29.8 Å². The molecule has 2 N–H and O–H groups in total. The molecule has 0 unspecified atom stereocenters. The number of ether oxygens (including phenoxy) is 1. The molecule has 0 spiro atoms. The largest absolute Gasteiger partial charge is 0.467 e. The van der Waals surface area contributed by atoms with Crippen molar-refractivity contribution >= 4 is 34.9 Å². The van der Waals surface area contributed by atoms with Crippen LogP contribution >= 0.6 is 11.5 Å². The number of rotatable bonds is 6. The number of hydrogen-bond acceptors (Lipinski definition) is 6. The third-order valence-electron chi connectivity index (χ3n) is 3.54. The zero-order valence-electron chi connectivity index (χ0n) is 12.3. The van der Waals surface area contributed by atoms with E-state index in [0.717, 1.165) is 19.3 Å². The molecule has 120 valence electrons. The van der Waals surface area contributed by atoms with Crippen molar-refractivity contribution in [3.8, 4) is 5.88 Å². The summed E-state index contributed by atoms with van der Waals surface area (Å²) in [6.45, 7) is -0.133. The molecule has 0 atom stereocenters. The number of aromatic nitrogens is 2. The van der Waals surface area contributed by atoms with Crippen LogP contribution in [0.25, 0.3) is 0 Å². The maximum Gasteiger partial charge on any atom is 0.263 e. The molecule has 2 amide bonds. The molecule has 7 nitrogen and oxygen atoms in total. The monoisotopic (exact) mass is 332 g/mol. The Kier molecular flexibility index (Phi) is 4.82. The summed E-state index contributed by atoms with van der Waals surface area (Å²) in [5.41, 5.74) is 0.624. The Morgan fingerprint density at radius 1 is 1.26 bits per heavy atom. The zero-order valence-corrected chi connectivity index (χ0v) is 13.1. The quantitative estimate of drug-likeness (QED) is 0.846. The molecule has 8 heteroatoms. The molecule has 2 heterocycles. The molecule has 0 radical (unpaired) electrons. The summed E-state index contributed by atoms with van der Waals surface area (Å²) in [7, 11) is 0. The average molecular weight is 332 g/mol. The van der Waals surface area contributed by atoms with Gasteiger partial charge in [0.1, 0.15) is 5.82 Å². The first kappa shape index (κ1) is 15.4. The number of carbonyl (C=O) groups is 2. The van der Waals surface area contributed by atoms with Crippen LogP contribution in [0.1, 0.15) is 19.3 Å². The van der Waals surface area contributed by atoms with E-state index < -0.39 is 0 Å². The molecule has 2 aromatic heterocycles. The van der Waals surface area contributed by atoms with Gasteiger partial charge in [-0.3, -0.25) is 9.59 Å². The van der Waals surface area contributed by atoms with Crippen molar-refractivity contribution in [1.82, 2.24) is 9.36 Å². The number of nitrogens with zero attached hydrogens (tertiary/aromatic N) is 2. The van der Waals surface area contributed by atoms with Gasteiger partial charge in [0.25, 0.3) is 5.91 Å². The normalized spacial score (nSPS) is 13.9. The summed E-state index contributed by atoms with van der Waals surface area (Å²) in [4.78, 5) is 27.7. The highest BCUT2D eigenvalue weighted by Gasteiger charge is 2.25. The van der Waals surface area contributed by atoms with Gasteiger partial charge in [0, 0.05) is 17.4 Å². The van der Waals surface area contributed by atoms with Gasteiger partial charge in [-0.15, -0.1) is 0 Å². The van der Waals surface area contributed by atoms with Gasteiger partial charge in [0.15, 0.2) is 6.61 Å². The summed E-state index contributed by atoms with van der Waals surface area (Å²) in [5.74, 6) is 0.658. The van der Waals surface area contributed by atoms with E-state index in [1.807, 2.05) is 0 Å². The predicted octanol–water partition coefficient (Wildman–Crippen LogP) is 2.29. The van der Waals surface area contributed by atoms with Crippen molar-refractivity contribution in [2.45, 2.75) is 19.3 Å². The topological polar surface area (TPSA) is 93.2 Å². The Morgan fingerprint density at radius 3 is 2.74 bits per heavy atom. The second-order valence-corrected chi connectivity index (χ2v) is 5.89. The Hall–Kier alpha value is -2.48. The Labute approximate surface area is 137 Å². The van der Waals surface area contributed by atoms with Gasteiger partial charge in [-0.1, -0.05) is 6.42 Å². The number of nitrogens with one attached hydrogen (secondary N) is 2. The van der Waals surface area contributed by atoms with Gasteiger partial charge in [-0.25, -0.2) is 4.98 Å². The molecule has 2 aromatic rings. The Morgan fingerprint density at radius 2 is 2.13 bits per heavy atom. The fourth-order valence-electron chi connectivity index (χ4n) is 2.05. The van der Waals surface area contributed by atoms with Crippen molar-refractivity contribution in [1.29, 1.82) is 0 Å². The zero-order chi connectivity index (χ0) is 16.1. The van der Waals surface area contributed by atoms with Crippen molar-refractivity contribution in [2.24, 2.45) is 5.92 Å². The van der Waals surface area contributed by atoms with Gasteiger partial charge in [-0.2, -0.15) is 4.37 Å². The van der Waals surface area contributed by atoms with E-state index in [2.05, 4.69) is 20.0 Å². The lowest BCUT2D eigenvalue weighted by Crippen LogP contribution is -2.28. The van der Waals surface area contributed by atoms with E-state index >= 15 is 0 Å². The van der Waals surface area contributed by atoms with Crippen LogP contribution < -0.4 is 15.4 Å². The van der Waals surface area contributed by atoms with Crippen molar-refractivity contribution in [2.75, 3.05) is 17.2 Å². The first-order valence-electron chi connectivity index (χ1n) is 7.30. The number of pyridine rings is 1. The molecule has 0 aromatic carbocycles. The summed E-state index contributed by atoms with van der Waals surface area (Å²) in [6, 6.07) is 5.04. The highest BCUT2D eigenvalue weighted by atomic mass is 32.1. The number of amides is 2. The van der Waals surface area contributed by atoms with Crippen LogP contribution in [0.2, 0.25) is 0 Å². The molecule has 23 heavy (non-hydrogen) atoms. The molecule has 0 bridgehead atoms. The van der Waals surface area contributed by atoms with Crippen LogP contribution in [-0.4, -0.2) is 27.8 Å². The van der Waals surface area contributed by atoms with Crippen LogP contribution in [0.5, 0.6) is 5.88 Å². The van der Waals surface area contributed by atoms with Crippen LogP contribution in [0.15, 0.2) is 29.8 Å². The van der Waals surface area contributed by atoms with E-state index in [4.69, 9.17) is 4.74 Å². The molecular formula is C15H16N4O3S. The lowest BCUT2D eigenvalue weighted by Gasteiger charge is -2.23. The highest BCUT2D eigenvalue weighted by molar-refractivity contribution is 7.03. The minimum absolute atomic E-state index is 0.0338. The Bertz CT molecular complexity index is 669. The smallest absolute Gasteiger partial charge is 0.263 e. The van der Waals surface area contributed by atoms with Gasteiger partial charge in [0.2, 0.25) is 11.8 Å². The SMILES string of the molecule is O=C(COc1ccsn1)Nc1ccc(NC(=O)C2CCC2)cn1. The predicted molar refractivity (Wildman–Crippen MR) is 86.4 cm³/mol. The third-order valence-corrected chi connectivity index (χ3v) is 4.08. The molecule has 1 saturated carbocycles. The molecular weight excluding hydrogens is 316 g/mol. The molecule has 0 saturated heterocycles. The maximum atomic E-state index is 11.8. The molecule has 1 aliphatic rings. The second-order valence-electron chi connectivity index (χ2n) is 5.22. The molecule has 1 fully saturated rings. The van der Waals surface area contributed by atoms with Crippen molar-refractivity contribution < 1.29 is 14.3 Å². The fraction of sp³-hybridized carbons (Fsp3) is 0.333. The van der Waals surface area contributed by atoms with E-state index in [1.54, 1.807) is 23.6 Å². The highest BCUT2D eigenvalue weighted by Crippen LogP contribution is 2.27. The van der Waals surface area contributed by atoms with Crippen LogP contribution in [0.3, 0.4) is 0 Å². The standard InChI is InChI=1S/C15H16N4O3S/c20-13(9-22-14-6-7-23-19-14)18-12-5-4-11(8-16-12)17-15(21)10-2-1-3-10/h4-8,10H,1-3,9H2,(H,17,21)(H,16,18,20). The average Bonchev–Trinajstić information content (AvgIpc) is 2.99. The minimum Gasteiger partial charge on any atom is -0.467 e. The summed E-state index contributed by atoms with van der Waals surface area (Å²) in [5, 5.41) is 7.21. The number of hydrogen-bond donors (Lipinski definition) is 2. The van der Waals surface area contributed by atoms with Gasteiger partial charge in [0.05, 0.1) is 11.9 Å². The lowest BCUT2D eigenvalue weighted by atomic mass is 9.85. The minimum atomic E-state index is -0.322. The summed E-state index contributed by atoms with van der Waals surface area (Å²) >= 11 is 1.26. The number of carbonyl (C=O) groups excluding carboxylic acids is 2. The summed E-state index contributed by atoms with van der Waals surface area (Å²) < 4.78 is 9.15.